The molecule has 2 nitrogen and oxygen atoms in total. The fourth-order valence-electron chi connectivity index (χ4n) is 1.85. The van der Waals surface area contributed by atoms with Crippen molar-refractivity contribution in [2.24, 2.45) is 0 Å². The summed E-state index contributed by atoms with van der Waals surface area (Å²) in [5, 5.41) is 0.618. The molecule has 3 rings (SSSR count). The van der Waals surface area contributed by atoms with Gasteiger partial charge in [0.05, 0.1) is 5.39 Å². The van der Waals surface area contributed by atoms with Crippen molar-refractivity contribution >= 4 is 28.3 Å². The summed E-state index contributed by atoms with van der Waals surface area (Å²) in [5.41, 5.74) is 1.53. The molecule has 0 saturated carbocycles. The standard InChI is InChI=1S/C15H10O2.Al/c16-13-10-15(11-6-2-1-3-7-11)17-14-9-5-4-8-12(13)14;/h1-10H;. The predicted octanol–water partition coefficient (Wildman–Crippen LogP) is 3.08. The molecule has 0 spiro atoms. The van der Waals surface area contributed by atoms with Gasteiger partial charge in [0.15, 0.2) is 5.43 Å². The molecule has 1 heterocycles. The van der Waals surface area contributed by atoms with E-state index in [2.05, 4.69) is 0 Å². The number of hydrogen-bond donors (Lipinski definition) is 0. The quantitative estimate of drug-likeness (QED) is 0.620. The maximum atomic E-state index is 11.9. The summed E-state index contributed by atoms with van der Waals surface area (Å²) >= 11 is 0. The molecule has 3 radical (unpaired) electrons. The third-order valence-electron chi connectivity index (χ3n) is 2.69. The average Bonchev–Trinajstić information content (AvgIpc) is 2.40. The zero-order chi connectivity index (χ0) is 11.7. The van der Waals surface area contributed by atoms with Crippen molar-refractivity contribution in [2.45, 2.75) is 0 Å². The van der Waals surface area contributed by atoms with Crippen LogP contribution in [-0.4, -0.2) is 17.4 Å². The van der Waals surface area contributed by atoms with E-state index in [1.165, 1.54) is 6.07 Å². The minimum absolute atomic E-state index is 0. The summed E-state index contributed by atoms with van der Waals surface area (Å²) < 4.78 is 5.73. The summed E-state index contributed by atoms with van der Waals surface area (Å²) in [5.74, 6) is 0.606. The number of rotatable bonds is 1. The van der Waals surface area contributed by atoms with Gasteiger partial charge in [-0.2, -0.15) is 0 Å². The Hall–Kier alpha value is -1.82. The first kappa shape index (κ1) is 12.6. The monoisotopic (exact) mass is 249 g/mol. The van der Waals surface area contributed by atoms with E-state index in [-0.39, 0.29) is 22.8 Å². The lowest BCUT2D eigenvalue weighted by Gasteiger charge is -2.02. The molecule has 3 aromatic rings. The normalized spacial score (nSPS) is 10.0. The van der Waals surface area contributed by atoms with E-state index in [1.54, 1.807) is 6.07 Å². The second-order valence-electron chi connectivity index (χ2n) is 3.84. The third kappa shape index (κ3) is 2.24. The minimum atomic E-state index is -0.00861. The van der Waals surface area contributed by atoms with E-state index < -0.39 is 0 Å². The molecule has 0 bridgehead atoms. The highest BCUT2D eigenvalue weighted by Gasteiger charge is 2.05. The lowest BCUT2D eigenvalue weighted by atomic mass is 10.1. The Labute approximate surface area is 115 Å². The second-order valence-corrected chi connectivity index (χ2v) is 3.84. The Morgan fingerprint density at radius 1 is 0.833 bits per heavy atom. The average molecular weight is 249 g/mol. The Morgan fingerprint density at radius 2 is 1.50 bits per heavy atom. The van der Waals surface area contributed by atoms with Gasteiger partial charge in [-0.3, -0.25) is 4.79 Å². The minimum Gasteiger partial charge on any atom is -0.456 e. The first-order valence-corrected chi connectivity index (χ1v) is 5.43. The van der Waals surface area contributed by atoms with Crippen molar-refractivity contribution in [1.29, 1.82) is 0 Å². The molecule has 18 heavy (non-hydrogen) atoms. The van der Waals surface area contributed by atoms with Crippen LogP contribution in [0.15, 0.2) is 69.9 Å². The van der Waals surface area contributed by atoms with Crippen molar-refractivity contribution < 1.29 is 4.42 Å². The van der Waals surface area contributed by atoms with E-state index in [0.717, 1.165) is 5.56 Å². The van der Waals surface area contributed by atoms with Crippen LogP contribution < -0.4 is 5.43 Å². The molecule has 0 atom stereocenters. The molecule has 85 valence electrons. The van der Waals surface area contributed by atoms with Gasteiger partial charge in [0.2, 0.25) is 0 Å². The van der Waals surface area contributed by atoms with Gasteiger partial charge in [0, 0.05) is 29.0 Å². The van der Waals surface area contributed by atoms with Crippen LogP contribution in [0.2, 0.25) is 0 Å². The fourth-order valence-corrected chi connectivity index (χ4v) is 1.85. The molecule has 0 saturated heterocycles. The highest BCUT2D eigenvalue weighted by molar-refractivity contribution is 5.78. The molecule has 0 amide bonds. The Morgan fingerprint density at radius 3 is 2.28 bits per heavy atom. The van der Waals surface area contributed by atoms with Crippen LogP contribution in [0.1, 0.15) is 0 Å². The summed E-state index contributed by atoms with van der Waals surface area (Å²) in [6, 6.07) is 18.4. The van der Waals surface area contributed by atoms with Gasteiger partial charge in [-0.15, -0.1) is 0 Å². The molecule has 0 aliphatic heterocycles. The molecule has 0 unspecified atom stereocenters. The molecular weight excluding hydrogens is 239 g/mol. The van der Waals surface area contributed by atoms with Crippen molar-refractivity contribution in [1.82, 2.24) is 0 Å². The van der Waals surface area contributed by atoms with E-state index in [1.807, 2.05) is 48.5 Å². The molecule has 1 aromatic heterocycles. The van der Waals surface area contributed by atoms with Gasteiger partial charge in [-0.25, -0.2) is 0 Å². The molecular formula is C15H10AlO2. The predicted molar refractivity (Wildman–Crippen MR) is 73.7 cm³/mol. The van der Waals surface area contributed by atoms with Crippen LogP contribution in [0.3, 0.4) is 0 Å². The smallest absolute Gasteiger partial charge is 0.193 e. The molecule has 0 fully saturated rings. The fraction of sp³-hybridized carbons (Fsp3) is 0. The van der Waals surface area contributed by atoms with Gasteiger partial charge in [0.1, 0.15) is 11.3 Å². The van der Waals surface area contributed by atoms with Gasteiger partial charge in [-0.05, 0) is 12.1 Å². The lowest BCUT2D eigenvalue weighted by molar-refractivity contribution is 0.619. The molecule has 3 heteroatoms. The summed E-state index contributed by atoms with van der Waals surface area (Å²) in [7, 11) is 0. The largest absolute Gasteiger partial charge is 0.456 e. The molecule has 2 aromatic carbocycles. The zero-order valence-corrected chi connectivity index (χ0v) is 10.8. The van der Waals surface area contributed by atoms with E-state index in [0.29, 0.717) is 16.7 Å². The number of fused-ring (bicyclic) bond motifs is 1. The summed E-state index contributed by atoms with van der Waals surface area (Å²) in [6.45, 7) is 0. The van der Waals surface area contributed by atoms with Gasteiger partial charge < -0.3 is 4.42 Å². The first-order chi connectivity index (χ1) is 8.34. The van der Waals surface area contributed by atoms with Crippen LogP contribution in [-0.2, 0) is 0 Å². The lowest BCUT2D eigenvalue weighted by Crippen LogP contribution is -1.99. The first-order valence-electron chi connectivity index (χ1n) is 5.43. The Kier molecular flexibility index (Phi) is 3.67. The highest BCUT2D eigenvalue weighted by atomic mass is 27.0. The Balaban J connectivity index is 0.00000120. The molecule has 0 aliphatic carbocycles. The number of benzene rings is 2. The number of hydrogen-bond acceptors (Lipinski definition) is 2. The van der Waals surface area contributed by atoms with Gasteiger partial charge in [-0.1, -0.05) is 42.5 Å². The molecule has 0 aliphatic rings. The number of para-hydroxylation sites is 1. The van der Waals surface area contributed by atoms with Crippen LogP contribution in [0.4, 0.5) is 0 Å². The summed E-state index contributed by atoms with van der Waals surface area (Å²) in [4.78, 5) is 11.9. The van der Waals surface area contributed by atoms with Crippen LogP contribution in [0, 0.1) is 0 Å². The highest BCUT2D eigenvalue weighted by Crippen LogP contribution is 2.21. The van der Waals surface area contributed by atoms with E-state index >= 15 is 0 Å². The van der Waals surface area contributed by atoms with E-state index in [9.17, 15) is 4.79 Å². The van der Waals surface area contributed by atoms with Crippen molar-refractivity contribution in [3.05, 3.63) is 70.9 Å². The van der Waals surface area contributed by atoms with Gasteiger partial charge >= 0.3 is 0 Å². The van der Waals surface area contributed by atoms with E-state index in [4.69, 9.17) is 4.42 Å². The van der Waals surface area contributed by atoms with Gasteiger partial charge in [0.25, 0.3) is 0 Å². The Bertz CT molecular complexity index is 717. The van der Waals surface area contributed by atoms with Crippen molar-refractivity contribution in [2.75, 3.05) is 0 Å². The topological polar surface area (TPSA) is 30.2 Å². The maximum Gasteiger partial charge on any atom is 0.193 e. The maximum absolute atomic E-state index is 11.9. The summed E-state index contributed by atoms with van der Waals surface area (Å²) in [6.07, 6.45) is 0. The van der Waals surface area contributed by atoms with Crippen LogP contribution in [0.25, 0.3) is 22.3 Å². The zero-order valence-electron chi connectivity index (χ0n) is 9.67. The SMILES string of the molecule is O=c1cc(-c2ccccc2)oc2ccccc12.[Al]. The van der Waals surface area contributed by atoms with Crippen molar-refractivity contribution in [3.63, 3.8) is 0 Å². The van der Waals surface area contributed by atoms with Crippen LogP contribution >= 0.6 is 0 Å². The van der Waals surface area contributed by atoms with Crippen molar-refractivity contribution in [3.8, 4) is 11.3 Å². The molecule has 0 N–H and O–H groups in total. The van der Waals surface area contributed by atoms with Crippen LogP contribution in [0.5, 0.6) is 0 Å². The third-order valence-corrected chi connectivity index (χ3v) is 2.69. The second kappa shape index (κ2) is 5.22.